The predicted octanol–water partition coefficient (Wildman–Crippen LogP) is 3.48. The smallest absolute Gasteiger partial charge is 0.236 e. The number of aryl methyl sites for hydroxylation is 1. The molecule has 0 aliphatic rings. The summed E-state index contributed by atoms with van der Waals surface area (Å²) in [4.78, 5) is 16.8. The van der Waals surface area contributed by atoms with Crippen molar-refractivity contribution in [3.8, 4) is 0 Å². The first-order valence-electron chi connectivity index (χ1n) is 6.08. The van der Waals surface area contributed by atoms with Crippen LogP contribution in [0.5, 0.6) is 0 Å². The normalized spacial score (nSPS) is 10.6. The highest BCUT2D eigenvalue weighted by Gasteiger charge is 2.12. The molecule has 0 unspecified atom stereocenters. The summed E-state index contributed by atoms with van der Waals surface area (Å²) in [6.45, 7) is 1.87. The van der Waals surface area contributed by atoms with Gasteiger partial charge < -0.3 is 5.32 Å². The first-order valence-corrected chi connectivity index (χ1v) is 8.29. The Balaban J connectivity index is 2.12. The number of hydrogen-bond acceptors (Lipinski definition) is 4. The van der Waals surface area contributed by atoms with E-state index in [1.54, 1.807) is 12.1 Å². The maximum atomic E-state index is 13.6. The average molecular weight is 310 g/mol. The standard InChI is InChI=1S/C14H15FN2OS2/c1-9-12(7-10-5-3-4-6-11(10)15)20-14(16-9)17-13(18)8-19-2/h3-6H,7-8H2,1-2H3,(H,16,17,18). The topological polar surface area (TPSA) is 42.0 Å². The minimum absolute atomic E-state index is 0.0660. The van der Waals surface area contributed by atoms with Gasteiger partial charge in [0.15, 0.2) is 5.13 Å². The fourth-order valence-electron chi connectivity index (χ4n) is 1.75. The van der Waals surface area contributed by atoms with Gasteiger partial charge in [-0.25, -0.2) is 9.37 Å². The van der Waals surface area contributed by atoms with Crippen molar-refractivity contribution in [2.75, 3.05) is 17.3 Å². The lowest BCUT2D eigenvalue weighted by atomic mass is 10.1. The lowest BCUT2D eigenvalue weighted by Gasteiger charge is -2.01. The fraction of sp³-hybridized carbons (Fsp3) is 0.286. The number of halogens is 1. The molecule has 1 aromatic heterocycles. The summed E-state index contributed by atoms with van der Waals surface area (Å²) in [6, 6.07) is 6.70. The van der Waals surface area contributed by atoms with Crippen LogP contribution >= 0.6 is 23.1 Å². The van der Waals surface area contributed by atoms with E-state index in [0.29, 0.717) is 22.9 Å². The first-order chi connectivity index (χ1) is 9.60. The SMILES string of the molecule is CSCC(=O)Nc1nc(C)c(Cc2ccccc2F)s1. The number of carbonyl (C=O) groups is 1. The van der Waals surface area contributed by atoms with Crippen molar-refractivity contribution in [3.63, 3.8) is 0 Å². The van der Waals surface area contributed by atoms with E-state index in [1.165, 1.54) is 29.2 Å². The van der Waals surface area contributed by atoms with Gasteiger partial charge in [-0.1, -0.05) is 18.2 Å². The molecule has 0 radical (unpaired) electrons. The van der Waals surface area contributed by atoms with Gasteiger partial charge in [0.1, 0.15) is 5.82 Å². The Kier molecular flexibility index (Phi) is 5.14. The summed E-state index contributed by atoms with van der Waals surface area (Å²) in [7, 11) is 0. The van der Waals surface area contributed by atoms with Gasteiger partial charge in [-0.15, -0.1) is 11.3 Å². The molecule has 20 heavy (non-hydrogen) atoms. The zero-order valence-electron chi connectivity index (χ0n) is 11.3. The molecule has 2 aromatic rings. The zero-order chi connectivity index (χ0) is 14.5. The molecule has 0 saturated heterocycles. The Morgan fingerprint density at radius 1 is 1.45 bits per heavy atom. The fourth-order valence-corrected chi connectivity index (χ4v) is 3.08. The maximum Gasteiger partial charge on any atom is 0.236 e. The number of rotatable bonds is 5. The molecule has 1 amide bonds. The summed E-state index contributed by atoms with van der Waals surface area (Å²) < 4.78 is 13.6. The molecule has 1 aromatic carbocycles. The zero-order valence-corrected chi connectivity index (χ0v) is 12.9. The number of carbonyl (C=O) groups excluding carboxylic acids is 1. The van der Waals surface area contributed by atoms with E-state index < -0.39 is 0 Å². The molecule has 3 nitrogen and oxygen atoms in total. The highest BCUT2D eigenvalue weighted by atomic mass is 32.2. The van der Waals surface area contributed by atoms with Gasteiger partial charge in [0.2, 0.25) is 5.91 Å². The number of hydrogen-bond donors (Lipinski definition) is 1. The van der Waals surface area contributed by atoms with Gasteiger partial charge in [0, 0.05) is 11.3 Å². The third-order valence-corrected chi connectivity index (χ3v) is 4.35. The third kappa shape index (κ3) is 3.80. The van der Waals surface area contributed by atoms with E-state index in [4.69, 9.17) is 0 Å². The molecular formula is C14H15FN2OS2. The van der Waals surface area contributed by atoms with Crippen molar-refractivity contribution in [2.24, 2.45) is 0 Å². The summed E-state index contributed by atoms with van der Waals surface area (Å²) in [6.07, 6.45) is 2.37. The van der Waals surface area contributed by atoms with Crippen LogP contribution in [0.25, 0.3) is 0 Å². The van der Waals surface area contributed by atoms with Gasteiger partial charge in [-0.3, -0.25) is 4.79 Å². The Bertz CT molecular complexity index is 613. The first kappa shape index (κ1) is 15.0. The third-order valence-electron chi connectivity index (χ3n) is 2.72. The number of thioether (sulfide) groups is 1. The van der Waals surface area contributed by atoms with Crippen LogP contribution in [0.1, 0.15) is 16.1 Å². The number of nitrogens with one attached hydrogen (secondary N) is 1. The van der Waals surface area contributed by atoms with Crippen molar-refractivity contribution in [1.29, 1.82) is 0 Å². The number of anilines is 1. The Hall–Kier alpha value is -1.40. The Morgan fingerprint density at radius 2 is 2.20 bits per heavy atom. The quantitative estimate of drug-likeness (QED) is 0.919. The largest absolute Gasteiger partial charge is 0.301 e. The van der Waals surface area contributed by atoms with E-state index in [9.17, 15) is 9.18 Å². The minimum Gasteiger partial charge on any atom is -0.301 e. The number of benzene rings is 1. The van der Waals surface area contributed by atoms with Crippen LogP contribution in [-0.4, -0.2) is 22.9 Å². The van der Waals surface area contributed by atoms with Crippen molar-refractivity contribution in [3.05, 3.63) is 46.2 Å². The number of amides is 1. The summed E-state index contributed by atoms with van der Waals surface area (Å²) in [5, 5.41) is 3.34. The van der Waals surface area contributed by atoms with Crippen molar-refractivity contribution < 1.29 is 9.18 Å². The molecule has 6 heteroatoms. The molecule has 0 spiro atoms. The summed E-state index contributed by atoms with van der Waals surface area (Å²) >= 11 is 2.86. The molecule has 0 aliphatic heterocycles. The second-order valence-corrected chi connectivity index (χ2v) is 6.23. The minimum atomic E-state index is -0.215. The van der Waals surface area contributed by atoms with Crippen LogP contribution in [0.4, 0.5) is 9.52 Å². The van der Waals surface area contributed by atoms with Crippen molar-refractivity contribution >= 4 is 34.1 Å². The summed E-state index contributed by atoms with van der Waals surface area (Å²) in [5.74, 6) is 0.123. The van der Waals surface area contributed by atoms with E-state index in [0.717, 1.165) is 10.6 Å². The predicted molar refractivity (Wildman–Crippen MR) is 83.1 cm³/mol. The highest BCUT2D eigenvalue weighted by Crippen LogP contribution is 2.26. The van der Waals surface area contributed by atoms with Gasteiger partial charge >= 0.3 is 0 Å². The number of nitrogens with zero attached hydrogens (tertiary/aromatic N) is 1. The monoisotopic (exact) mass is 310 g/mol. The Labute approximate surface area is 125 Å². The molecule has 1 N–H and O–H groups in total. The lowest BCUT2D eigenvalue weighted by molar-refractivity contribution is -0.113. The number of aromatic nitrogens is 1. The van der Waals surface area contributed by atoms with Crippen LogP contribution in [0.15, 0.2) is 24.3 Å². The molecule has 0 saturated carbocycles. The lowest BCUT2D eigenvalue weighted by Crippen LogP contribution is -2.13. The van der Waals surface area contributed by atoms with Crippen molar-refractivity contribution in [1.82, 2.24) is 4.98 Å². The van der Waals surface area contributed by atoms with Gasteiger partial charge in [-0.2, -0.15) is 11.8 Å². The van der Waals surface area contributed by atoms with Gasteiger partial charge in [0.25, 0.3) is 0 Å². The Morgan fingerprint density at radius 3 is 2.90 bits per heavy atom. The second kappa shape index (κ2) is 6.85. The molecule has 0 atom stereocenters. The van der Waals surface area contributed by atoms with E-state index in [2.05, 4.69) is 10.3 Å². The van der Waals surface area contributed by atoms with Crippen LogP contribution in [0.3, 0.4) is 0 Å². The molecule has 0 bridgehead atoms. The molecule has 0 aliphatic carbocycles. The summed E-state index contributed by atoms with van der Waals surface area (Å²) in [5.41, 5.74) is 1.47. The molecule has 106 valence electrons. The molecule has 1 heterocycles. The van der Waals surface area contributed by atoms with E-state index in [1.807, 2.05) is 19.2 Å². The van der Waals surface area contributed by atoms with Crippen LogP contribution in [-0.2, 0) is 11.2 Å². The molecular weight excluding hydrogens is 295 g/mol. The van der Waals surface area contributed by atoms with Crippen LogP contribution in [0.2, 0.25) is 0 Å². The second-order valence-electron chi connectivity index (χ2n) is 4.28. The van der Waals surface area contributed by atoms with Gasteiger partial charge in [0.05, 0.1) is 11.4 Å². The van der Waals surface area contributed by atoms with E-state index in [-0.39, 0.29) is 11.7 Å². The maximum absolute atomic E-state index is 13.6. The highest BCUT2D eigenvalue weighted by molar-refractivity contribution is 7.99. The average Bonchev–Trinajstić information content (AvgIpc) is 2.72. The number of thiazole rings is 1. The van der Waals surface area contributed by atoms with Gasteiger partial charge in [-0.05, 0) is 24.8 Å². The van der Waals surface area contributed by atoms with Crippen LogP contribution < -0.4 is 5.32 Å². The van der Waals surface area contributed by atoms with Crippen LogP contribution in [0, 0.1) is 12.7 Å². The molecule has 2 rings (SSSR count). The van der Waals surface area contributed by atoms with E-state index >= 15 is 0 Å². The molecule has 0 fully saturated rings. The van der Waals surface area contributed by atoms with Crippen molar-refractivity contribution in [2.45, 2.75) is 13.3 Å².